The Balaban J connectivity index is 2.04. The maximum Gasteiger partial charge on any atom is 0.326 e. The molecular weight excluding hydrogens is 228 g/mol. The van der Waals surface area contributed by atoms with Crippen LogP contribution in [0.25, 0.3) is 0 Å². The lowest BCUT2D eigenvalue weighted by atomic mass is 10.3. The minimum Gasteiger partial charge on any atom is -0.457 e. The molecule has 2 aromatic rings. The Labute approximate surface area is 104 Å². The Morgan fingerprint density at radius 2 is 1.61 bits per heavy atom. The number of nitriles is 1. The molecule has 0 fully saturated rings. The summed E-state index contributed by atoms with van der Waals surface area (Å²) in [5.74, 6) is 0.717. The molecular formula is C14H10N2O2. The Kier molecular flexibility index (Phi) is 3.57. The number of nitrogens with one attached hydrogen (secondary N) is 1. The number of carbonyl (C=O) groups excluding carboxylic acids is 1. The molecule has 88 valence electrons. The van der Waals surface area contributed by atoms with Crippen molar-refractivity contribution in [2.24, 2.45) is 0 Å². The van der Waals surface area contributed by atoms with Gasteiger partial charge in [0, 0.05) is 5.69 Å². The van der Waals surface area contributed by atoms with Gasteiger partial charge in [-0.05, 0) is 36.4 Å². The normalized spacial score (nSPS) is 9.28. The zero-order valence-corrected chi connectivity index (χ0v) is 9.46. The first-order chi connectivity index (χ1) is 8.78. The third kappa shape index (κ3) is 3.09. The largest absolute Gasteiger partial charge is 0.457 e. The molecule has 4 heteroatoms. The van der Waals surface area contributed by atoms with Crippen molar-refractivity contribution < 1.29 is 9.53 Å². The predicted octanol–water partition coefficient (Wildman–Crippen LogP) is 2.94. The van der Waals surface area contributed by atoms with Gasteiger partial charge in [0.15, 0.2) is 6.07 Å². The Hall–Kier alpha value is -2.80. The molecule has 0 aliphatic carbocycles. The second-order valence-electron chi connectivity index (χ2n) is 3.51. The molecule has 18 heavy (non-hydrogen) atoms. The standard InChI is InChI=1S/C14H10N2O2/c15-10-14(17)16-11-6-8-13(9-7-11)18-12-4-2-1-3-5-12/h1-9H,(H,16,17). The van der Waals surface area contributed by atoms with Crippen LogP contribution < -0.4 is 10.1 Å². The average molecular weight is 238 g/mol. The Bertz CT molecular complexity index is 571. The van der Waals surface area contributed by atoms with Crippen molar-refractivity contribution in [1.82, 2.24) is 0 Å². The first kappa shape index (κ1) is 11.7. The molecule has 0 aliphatic heterocycles. The maximum absolute atomic E-state index is 10.9. The summed E-state index contributed by atoms with van der Waals surface area (Å²) in [4.78, 5) is 10.9. The molecule has 0 heterocycles. The van der Waals surface area contributed by atoms with Gasteiger partial charge in [-0.3, -0.25) is 4.79 Å². The first-order valence-electron chi connectivity index (χ1n) is 5.32. The monoisotopic (exact) mass is 238 g/mol. The summed E-state index contributed by atoms with van der Waals surface area (Å²) in [6, 6.07) is 17.7. The molecule has 0 radical (unpaired) electrons. The van der Waals surface area contributed by atoms with Gasteiger partial charge in [0.2, 0.25) is 0 Å². The first-order valence-corrected chi connectivity index (χ1v) is 5.32. The van der Waals surface area contributed by atoms with Gasteiger partial charge in [-0.25, -0.2) is 0 Å². The average Bonchev–Trinajstić information content (AvgIpc) is 2.42. The highest BCUT2D eigenvalue weighted by molar-refractivity contribution is 6.02. The molecule has 1 amide bonds. The van der Waals surface area contributed by atoms with Crippen molar-refractivity contribution >= 4 is 11.6 Å². The molecule has 2 rings (SSSR count). The van der Waals surface area contributed by atoms with E-state index in [1.165, 1.54) is 6.07 Å². The van der Waals surface area contributed by atoms with Gasteiger partial charge < -0.3 is 10.1 Å². The van der Waals surface area contributed by atoms with Crippen LogP contribution in [-0.4, -0.2) is 5.91 Å². The van der Waals surface area contributed by atoms with Crippen molar-refractivity contribution in [2.75, 3.05) is 5.32 Å². The fourth-order valence-corrected chi connectivity index (χ4v) is 1.39. The molecule has 0 aliphatic rings. The molecule has 0 bridgehead atoms. The summed E-state index contributed by atoms with van der Waals surface area (Å²) >= 11 is 0. The van der Waals surface area contributed by atoms with Crippen LogP contribution in [0.2, 0.25) is 0 Å². The van der Waals surface area contributed by atoms with Crippen LogP contribution in [0.15, 0.2) is 54.6 Å². The van der Waals surface area contributed by atoms with E-state index in [0.717, 1.165) is 5.75 Å². The molecule has 0 aromatic heterocycles. The van der Waals surface area contributed by atoms with Crippen LogP contribution >= 0.6 is 0 Å². The fraction of sp³-hybridized carbons (Fsp3) is 0. The predicted molar refractivity (Wildman–Crippen MR) is 67.2 cm³/mol. The summed E-state index contributed by atoms with van der Waals surface area (Å²) in [7, 11) is 0. The lowest BCUT2D eigenvalue weighted by Gasteiger charge is -2.06. The van der Waals surface area contributed by atoms with E-state index in [9.17, 15) is 4.79 Å². The van der Waals surface area contributed by atoms with Gasteiger partial charge in [-0.15, -0.1) is 0 Å². The third-order valence-electron chi connectivity index (χ3n) is 2.19. The number of hydrogen-bond acceptors (Lipinski definition) is 3. The van der Waals surface area contributed by atoms with E-state index in [1.54, 1.807) is 24.3 Å². The lowest BCUT2D eigenvalue weighted by molar-refractivity contribution is -0.111. The summed E-state index contributed by atoms with van der Waals surface area (Å²) in [5.41, 5.74) is 0.557. The highest BCUT2D eigenvalue weighted by Gasteiger charge is 2.00. The van der Waals surface area contributed by atoms with E-state index in [2.05, 4.69) is 5.32 Å². The number of para-hydroxylation sites is 1. The Morgan fingerprint density at radius 1 is 1.00 bits per heavy atom. The SMILES string of the molecule is N#CC(=O)Nc1ccc(Oc2ccccc2)cc1. The van der Waals surface area contributed by atoms with Gasteiger partial charge in [0.25, 0.3) is 0 Å². The molecule has 1 N–H and O–H groups in total. The number of rotatable bonds is 3. The van der Waals surface area contributed by atoms with Crippen LogP contribution in [0.1, 0.15) is 0 Å². The van der Waals surface area contributed by atoms with Gasteiger partial charge in [-0.2, -0.15) is 5.26 Å². The second kappa shape index (κ2) is 5.51. The highest BCUT2D eigenvalue weighted by Crippen LogP contribution is 2.22. The van der Waals surface area contributed by atoms with Crippen molar-refractivity contribution in [3.63, 3.8) is 0 Å². The number of carbonyl (C=O) groups is 1. The zero-order chi connectivity index (χ0) is 12.8. The topological polar surface area (TPSA) is 62.1 Å². The number of anilines is 1. The van der Waals surface area contributed by atoms with E-state index >= 15 is 0 Å². The van der Waals surface area contributed by atoms with Crippen LogP contribution in [0.4, 0.5) is 5.69 Å². The third-order valence-corrected chi connectivity index (χ3v) is 2.19. The number of benzene rings is 2. The summed E-state index contributed by atoms with van der Waals surface area (Å²) in [6.45, 7) is 0. The molecule has 0 saturated carbocycles. The zero-order valence-electron chi connectivity index (χ0n) is 9.46. The number of hydrogen-bond donors (Lipinski definition) is 1. The number of nitrogens with zero attached hydrogens (tertiary/aromatic N) is 1. The molecule has 0 atom stereocenters. The molecule has 2 aromatic carbocycles. The number of ether oxygens (including phenoxy) is 1. The van der Waals surface area contributed by atoms with Gasteiger partial charge in [-0.1, -0.05) is 18.2 Å². The van der Waals surface area contributed by atoms with Crippen molar-refractivity contribution in [2.45, 2.75) is 0 Å². The smallest absolute Gasteiger partial charge is 0.326 e. The van der Waals surface area contributed by atoms with E-state index < -0.39 is 5.91 Å². The minimum atomic E-state index is -0.688. The van der Waals surface area contributed by atoms with E-state index in [1.807, 2.05) is 30.3 Å². The van der Waals surface area contributed by atoms with Crippen LogP contribution in [-0.2, 0) is 4.79 Å². The van der Waals surface area contributed by atoms with Crippen LogP contribution in [0.3, 0.4) is 0 Å². The fourth-order valence-electron chi connectivity index (χ4n) is 1.39. The van der Waals surface area contributed by atoms with Crippen LogP contribution in [0, 0.1) is 11.3 Å². The summed E-state index contributed by atoms with van der Waals surface area (Å²) in [5, 5.41) is 10.8. The summed E-state index contributed by atoms with van der Waals surface area (Å²) < 4.78 is 5.59. The van der Waals surface area contributed by atoms with Crippen molar-refractivity contribution in [3.05, 3.63) is 54.6 Å². The van der Waals surface area contributed by atoms with Gasteiger partial charge >= 0.3 is 5.91 Å². The minimum absolute atomic E-state index is 0.557. The molecule has 0 unspecified atom stereocenters. The highest BCUT2D eigenvalue weighted by atomic mass is 16.5. The van der Waals surface area contributed by atoms with Crippen LogP contribution in [0.5, 0.6) is 11.5 Å². The number of amides is 1. The summed E-state index contributed by atoms with van der Waals surface area (Å²) in [6.07, 6.45) is 0. The van der Waals surface area contributed by atoms with Gasteiger partial charge in [0.1, 0.15) is 11.5 Å². The van der Waals surface area contributed by atoms with E-state index in [-0.39, 0.29) is 0 Å². The second-order valence-corrected chi connectivity index (χ2v) is 3.51. The van der Waals surface area contributed by atoms with E-state index in [0.29, 0.717) is 11.4 Å². The quantitative estimate of drug-likeness (QED) is 0.836. The molecule has 4 nitrogen and oxygen atoms in total. The molecule has 0 spiro atoms. The lowest BCUT2D eigenvalue weighted by Crippen LogP contribution is -2.07. The van der Waals surface area contributed by atoms with E-state index in [4.69, 9.17) is 10.00 Å². The van der Waals surface area contributed by atoms with Crippen molar-refractivity contribution in [1.29, 1.82) is 5.26 Å². The maximum atomic E-state index is 10.9. The molecule has 0 saturated heterocycles. The van der Waals surface area contributed by atoms with Gasteiger partial charge in [0.05, 0.1) is 0 Å². The van der Waals surface area contributed by atoms with Crippen molar-refractivity contribution in [3.8, 4) is 17.6 Å². The Morgan fingerprint density at radius 3 is 2.22 bits per heavy atom.